The van der Waals surface area contributed by atoms with Crippen molar-refractivity contribution in [2.45, 2.75) is 41.5 Å². The van der Waals surface area contributed by atoms with Crippen molar-refractivity contribution in [2.75, 3.05) is 0 Å². The molecule has 2 rings (SSSR count). The molecule has 0 aliphatic heterocycles. The van der Waals surface area contributed by atoms with Gasteiger partial charge in [0.25, 0.3) is 0 Å². The fourth-order valence-electron chi connectivity index (χ4n) is 1.62. The Bertz CT molecular complexity index is 384. The summed E-state index contributed by atoms with van der Waals surface area (Å²) in [5.74, 6) is 0. The summed E-state index contributed by atoms with van der Waals surface area (Å²) in [5.41, 5.74) is 8.49. The van der Waals surface area contributed by atoms with Gasteiger partial charge in [-0.1, -0.05) is 41.5 Å². The van der Waals surface area contributed by atoms with Gasteiger partial charge in [0.2, 0.25) is 0 Å². The van der Waals surface area contributed by atoms with E-state index in [1.807, 2.05) is 0 Å². The van der Waals surface area contributed by atoms with Crippen molar-refractivity contribution in [3.63, 3.8) is 0 Å². The Hall–Kier alpha value is 0.374. The number of halogens is 2. The van der Waals surface area contributed by atoms with E-state index in [1.54, 1.807) is 0 Å². The molecule has 0 aromatic heterocycles. The first kappa shape index (κ1) is 24.4. The van der Waals surface area contributed by atoms with Crippen molar-refractivity contribution in [1.82, 2.24) is 0 Å². The summed E-state index contributed by atoms with van der Waals surface area (Å²) in [6.45, 7) is 12.9. The molecule has 0 fully saturated rings. The summed E-state index contributed by atoms with van der Waals surface area (Å²) in [5, 5.41) is 0. The molecular weight excluding hydrogens is 400 g/mol. The molecule has 0 bridgehead atoms. The molecule has 2 aromatic rings. The molecular formula is C16H22Br2Ti. The fraction of sp³-hybridized carbons (Fsp3) is 0.375. The van der Waals surface area contributed by atoms with Crippen LogP contribution < -0.4 is 34.0 Å². The summed E-state index contributed by atoms with van der Waals surface area (Å²) >= 11 is 0. The monoisotopic (exact) mass is 420 g/mol. The van der Waals surface area contributed by atoms with Crippen LogP contribution in [-0.4, -0.2) is 0 Å². The van der Waals surface area contributed by atoms with Gasteiger partial charge in [-0.3, -0.25) is 0 Å². The summed E-state index contributed by atoms with van der Waals surface area (Å²) in [7, 11) is 0. The smallest absolute Gasteiger partial charge is 1.00 e. The third kappa shape index (κ3) is 7.08. The van der Waals surface area contributed by atoms with Gasteiger partial charge >= 0.3 is 21.7 Å². The molecule has 0 aliphatic carbocycles. The number of hydrogen-bond acceptors (Lipinski definition) is 0. The van der Waals surface area contributed by atoms with Gasteiger partial charge in [0.05, 0.1) is 0 Å². The molecule has 3 heteroatoms. The third-order valence-electron chi connectivity index (χ3n) is 3.53. The second-order valence-electron chi connectivity index (χ2n) is 4.65. The maximum absolute atomic E-state index is 2.16. The van der Waals surface area contributed by atoms with Crippen LogP contribution in [0.3, 0.4) is 0 Å². The minimum atomic E-state index is 0. The zero-order chi connectivity index (χ0) is 12.3. The zero-order valence-corrected chi connectivity index (χ0v) is 17.3. The summed E-state index contributed by atoms with van der Waals surface area (Å²) < 4.78 is 0. The van der Waals surface area contributed by atoms with Crippen LogP contribution in [0.25, 0.3) is 0 Å². The second-order valence-corrected chi connectivity index (χ2v) is 4.65. The fourth-order valence-corrected chi connectivity index (χ4v) is 1.62. The van der Waals surface area contributed by atoms with E-state index >= 15 is 0 Å². The van der Waals surface area contributed by atoms with Gasteiger partial charge in [0, 0.05) is 0 Å². The Morgan fingerprint density at radius 1 is 0.684 bits per heavy atom. The van der Waals surface area contributed by atoms with E-state index in [9.17, 15) is 0 Å². The molecule has 19 heavy (non-hydrogen) atoms. The number of hydrogen-bond donors (Lipinski definition) is 0. The summed E-state index contributed by atoms with van der Waals surface area (Å²) in [6.07, 6.45) is 0. The first-order valence-corrected chi connectivity index (χ1v) is 5.82. The van der Waals surface area contributed by atoms with Crippen LogP contribution in [0.15, 0.2) is 24.3 Å². The van der Waals surface area contributed by atoms with E-state index < -0.39 is 0 Å². The van der Waals surface area contributed by atoms with Gasteiger partial charge in [-0.15, -0.1) is 0 Å². The zero-order valence-electron chi connectivity index (χ0n) is 12.6. The molecule has 0 spiro atoms. The van der Waals surface area contributed by atoms with Crippen LogP contribution in [0.4, 0.5) is 0 Å². The molecule has 104 valence electrons. The van der Waals surface area contributed by atoms with Crippen molar-refractivity contribution in [1.29, 1.82) is 0 Å². The van der Waals surface area contributed by atoms with Gasteiger partial charge in [-0.05, 0) is 0 Å². The van der Waals surface area contributed by atoms with E-state index in [0.717, 1.165) is 0 Å². The normalized spacial score (nSPS) is 8.32. The quantitative estimate of drug-likeness (QED) is 0.365. The Labute approximate surface area is 154 Å². The van der Waals surface area contributed by atoms with Crippen molar-refractivity contribution < 1.29 is 55.7 Å². The average molecular weight is 422 g/mol. The minimum Gasteiger partial charge on any atom is -1.00 e. The largest absolute Gasteiger partial charge is 4.00 e. The van der Waals surface area contributed by atoms with Crippen molar-refractivity contribution in [3.05, 3.63) is 57.6 Å². The molecule has 0 radical (unpaired) electrons. The van der Waals surface area contributed by atoms with Gasteiger partial charge in [0.1, 0.15) is 0 Å². The molecule has 0 nitrogen and oxygen atoms in total. The van der Waals surface area contributed by atoms with E-state index in [2.05, 4.69) is 65.8 Å². The minimum absolute atomic E-state index is 0. The molecule has 0 saturated carbocycles. The molecule has 0 unspecified atom stereocenters. The SMILES string of the molecule is Cc1cc[c-](C)c1C.Cc1cc[c-](C)c1C.[Br-].[Br-].[Ti+4]. The second kappa shape index (κ2) is 11.1. The van der Waals surface area contributed by atoms with Crippen LogP contribution >= 0.6 is 0 Å². The van der Waals surface area contributed by atoms with E-state index in [-0.39, 0.29) is 55.7 Å². The van der Waals surface area contributed by atoms with Crippen LogP contribution in [-0.2, 0) is 21.7 Å². The van der Waals surface area contributed by atoms with Crippen molar-refractivity contribution in [2.24, 2.45) is 0 Å². The molecule has 0 amide bonds. The van der Waals surface area contributed by atoms with E-state index in [1.165, 1.54) is 33.4 Å². The standard InChI is InChI=1S/2C8H11.2BrH.Ti/c2*1-6-4-5-7(2)8(6)3;;;/h2*4-5H,1-3H3;2*1H;/q2*-1;;;+4/p-2. The van der Waals surface area contributed by atoms with Crippen molar-refractivity contribution >= 4 is 0 Å². The maximum atomic E-state index is 2.16. The van der Waals surface area contributed by atoms with E-state index in [0.29, 0.717) is 0 Å². The van der Waals surface area contributed by atoms with Gasteiger partial charge in [-0.2, -0.15) is 45.5 Å². The Morgan fingerprint density at radius 2 is 0.947 bits per heavy atom. The van der Waals surface area contributed by atoms with Crippen LogP contribution in [0, 0.1) is 41.5 Å². The molecule has 0 saturated heterocycles. The van der Waals surface area contributed by atoms with Crippen LogP contribution in [0.5, 0.6) is 0 Å². The third-order valence-corrected chi connectivity index (χ3v) is 3.53. The Kier molecular flexibility index (Phi) is 14.2. The Balaban J connectivity index is -0.000000233. The van der Waals surface area contributed by atoms with E-state index in [4.69, 9.17) is 0 Å². The first-order valence-electron chi connectivity index (χ1n) is 5.82. The average Bonchev–Trinajstić information content (AvgIpc) is 2.70. The predicted molar refractivity (Wildman–Crippen MR) is 72.5 cm³/mol. The molecule has 0 aliphatic rings. The number of rotatable bonds is 0. The topological polar surface area (TPSA) is 0 Å². The molecule has 0 N–H and O–H groups in total. The maximum Gasteiger partial charge on any atom is 4.00 e. The molecule has 0 heterocycles. The molecule has 2 aromatic carbocycles. The van der Waals surface area contributed by atoms with Crippen LogP contribution in [0.1, 0.15) is 33.4 Å². The van der Waals surface area contributed by atoms with Crippen molar-refractivity contribution in [3.8, 4) is 0 Å². The summed E-state index contributed by atoms with van der Waals surface area (Å²) in [4.78, 5) is 0. The van der Waals surface area contributed by atoms with Gasteiger partial charge < -0.3 is 34.0 Å². The summed E-state index contributed by atoms with van der Waals surface area (Å²) in [6, 6.07) is 8.63. The van der Waals surface area contributed by atoms with Gasteiger partial charge in [-0.25, -0.2) is 12.1 Å². The first-order chi connectivity index (χ1) is 7.43. The predicted octanol–water partition coefficient (Wildman–Crippen LogP) is -1.33. The van der Waals surface area contributed by atoms with Crippen LogP contribution in [0.2, 0.25) is 0 Å². The Morgan fingerprint density at radius 3 is 1.00 bits per heavy atom. The van der Waals surface area contributed by atoms with Gasteiger partial charge in [0.15, 0.2) is 0 Å². The molecule has 0 atom stereocenters. The number of aryl methyl sites for hydroxylation is 4.